The van der Waals surface area contributed by atoms with Gasteiger partial charge in [-0.15, -0.1) is 5.73 Å². The van der Waals surface area contributed by atoms with Crippen LogP contribution >= 0.6 is 0 Å². The molecule has 1 fully saturated rings. The average molecular weight is 166 g/mol. The largest absolute Gasteiger partial charge is 0.389 e. The molecule has 12 heavy (non-hydrogen) atoms. The zero-order valence-corrected chi connectivity index (χ0v) is 7.79. The lowest BCUT2D eigenvalue weighted by Gasteiger charge is -2.16. The third-order valence-corrected chi connectivity index (χ3v) is 2.32. The third-order valence-electron chi connectivity index (χ3n) is 2.32. The smallest absolute Gasteiger partial charge is 0.0766 e. The van der Waals surface area contributed by atoms with Crippen molar-refractivity contribution >= 4 is 0 Å². The summed E-state index contributed by atoms with van der Waals surface area (Å²) in [5.74, 6) is 0.716. The minimum Gasteiger partial charge on any atom is -0.389 e. The lowest BCUT2D eigenvalue weighted by Crippen LogP contribution is -2.02. The zero-order valence-electron chi connectivity index (χ0n) is 7.79. The van der Waals surface area contributed by atoms with E-state index >= 15 is 0 Å². The highest BCUT2D eigenvalue weighted by molar-refractivity contribution is 4.92. The van der Waals surface area contributed by atoms with Crippen molar-refractivity contribution in [2.75, 3.05) is 0 Å². The first-order chi connectivity index (χ1) is 5.79. The molecule has 0 aromatic carbocycles. The molecular formula is C11H18O. The van der Waals surface area contributed by atoms with Gasteiger partial charge in [0.2, 0.25) is 0 Å². The molecule has 1 aliphatic carbocycles. The molecule has 0 saturated heterocycles. The molecule has 0 bridgehead atoms. The summed E-state index contributed by atoms with van der Waals surface area (Å²) in [4.78, 5) is 0. The van der Waals surface area contributed by atoms with Gasteiger partial charge in [-0.2, -0.15) is 0 Å². The van der Waals surface area contributed by atoms with Gasteiger partial charge in [0, 0.05) is 0 Å². The Labute approximate surface area is 74.8 Å². The maximum atomic E-state index is 8.94. The first-order valence-electron chi connectivity index (χ1n) is 4.90. The molecule has 1 saturated carbocycles. The van der Waals surface area contributed by atoms with Crippen molar-refractivity contribution in [1.29, 1.82) is 0 Å². The van der Waals surface area contributed by atoms with Crippen molar-refractivity contribution in [1.82, 2.24) is 0 Å². The summed E-state index contributed by atoms with van der Waals surface area (Å²) in [5.41, 5.74) is 3.05. The van der Waals surface area contributed by atoms with Crippen molar-refractivity contribution in [2.45, 2.75) is 45.1 Å². The summed E-state index contributed by atoms with van der Waals surface area (Å²) >= 11 is 0. The van der Waals surface area contributed by atoms with E-state index in [9.17, 15) is 0 Å². The fraction of sp³-hybridized carbons (Fsp3) is 0.727. The lowest BCUT2D eigenvalue weighted by molar-refractivity contribution is 0.244. The van der Waals surface area contributed by atoms with Crippen LogP contribution in [-0.2, 0) is 0 Å². The lowest BCUT2D eigenvalue weighted by atomic mass is 9.89. The van der Waals surface area contributed by atoms with Crippen molar-refractivity contribution in [2.24, 2.45) is 5.92 Å². The molecule has 1 atom stereocenters. The Hall–Kier alpha value is -0.520. The first-order valence-corrected chi connectivity index (χ1v) is 4.90. The van der Waals surface area contributed by atoms with Gasteiger partial charge in [-0.25, -0.2) is 0 Å². The maximum Gasteiger partial charge on any atom is 0.0766 e. The number of rotatable bonds is 2. The van der Waals surface area contributed by atoms with Crippen LogP contribution in [0.25, 0.3) is 0 Å². The molecule has 0 amide bonds. The van der Waals surface area contributed by atoms with E-state index in [2.05, 4.69) is 11.8 Å². The molecule has 1 rings (SSSR count). The Kier molecular flexibility index (Phi) is 4.13. The molecule has 0 aromatic rings. The van der Waals surface area contributed by atoms with Gasteiger partial charge in [0.15, 0.2) is 0 Å². The Balaban J connectivity index is 2.33. The van der Waals surface area contributed by atoms with Crippen molar-refractivity contribution < 1.29 is 5.11 Å². The Morgan fingerprint density at radius 1 is 1.33 bits per heavy atom. The quantitative estimate of drug-likeness (QED) is 0.625. The fourth-order valence-electron chi connectivity index (χ4n) is 1.63. The third kappa shape index (κ3) is 3.75. The number of aliphatic hydroxyl groups excluding tert-OH is 1. The predicted octanol–water partition coefficient (Wildman–Crippen LogP) is 2.66. The number of aliphatic hydroxyl groups is 1. The molecule has 68 valence electrons. The van der Waals surface area contributed by atoms with Gasteiger partial charge in [0.1, 0.15) is 0 Å². The van der Waals surface area contributed by atoms with E-state index in [0.29, 0.717) is 5.92 Å². The second-order valence-electron chi connectivity index (χ2n) is 3.64. The topological polar surface area (TPSA) is 20.2 Å². The van der Waals surface area contributed by atoms with Crippen LogP contribution in [0.2, 0.25) is 0 Å². The standard InChI is InChI=1S/C11H18O/c1-10(12)6-5-9-11-7-3-2-4-8-11/h6,9-12H,2-4,7-8H2,1H3. The summed E-state index contributed by atoms with van der Waals surface area (Å²) in [5, 5.41) is 8.94. The van der Waals surface area contributed by atoms with E-state index in [1.54, 1.807) is 13.0 Å². The van der Waals surface area contributed by atoms with Crippen LogP contribution in [0.1, 0.15) is 39.0 Å². The zero-order chi connectivity index (χ0) is 8.81. The number of hydrogen-bond donors (Lipinski definition) is 1. The van der Waals surface area contributed by atoms with Crippen LogP contribution in [0.15, 0.2) is 17.9 Å². The maximum absolute atomic E-state index is 8.94. The minimum absolute atomic E-state index is 0.357. The monoisotopic (exact) mass is 166 g/mol. The molecule has 1 aliphatic rings. The second kappa shape index (κ2) is 5.18. The molecular weight excluding hydrogens is 148 g/mol. The van der Waals surface area contributed by atoms with Crippen LogP contribution in [0.5, 0.6) is 0 Å². The highest BCUT2D eigenvalue weighted by Crippen LogP contribution is 2.23. The van der Waals surface area contributed by atoms with Gasteiger partial charge in [0.25, 0.3) is 0 Å². The van der Waals surface area contributed by atoms with E-state index in [0.717, 1.165) is 0 Å². The summed E-state index contributed by atoms with van der Waals surface area (Å²) in [7, 11) is 0. The molecule has 0 spiro atoms. The summed E-state index contributed by atoms with van der Waals surface area (Å²) in [6, 6.07) is 0. The van der Waals surface area contributed by atoms with E-state index in [1.165, 1.54) is 32.1 Å². The first kappa shape index (κ1) is 9.57. The van der Waals surface area contributed by atoms with Crippen molar-refractivity contribution in [3.63, 3.8) is 0 Å². The molecule has 1 unspecified atom stereocenters. The van der Waals surface area contributed by atoms with E-state index in [-0.39, 0.29) is 6.10 Å². The minimum atomic E-state index is -0.357. The Morgan fingerprint density at radius 2 is 2.00 bits per heavy atom. The summed E-state index contributed by atoms with van der Waals surface area (Å²) < 4.78 is 0. The average Bonchev–Trinajstić information content (AvgIpc) is 2.05. The van der Waals surface area contributed by atoms with E-state index in [4.69, 9.17) is 5.11 Å². The predicted molar refractivity (Wildman–Crippen MR) is 50.9 cm³/mol. The highest BCUT2D eigenvalue weighted by Gasteiger charge is 2.08. The second-order valence-corrected chi connectivity index (χ2v) is 3.64. The van der Waals surface area contributed by atoms with Crippen LogP contribution < -0.4 is 0 Å². The van der Waals surface area contributed by atoms with Gasteiger partial charge in [-0.3, -0.25) is 0 Å². The summed E-state index contributed by atoms with van der Waals surface area (Å²) in [6.07, 6.45) is 10.2. The van der Waals surface area contributed by atoms with Gasteiger partial charge >= 0.3 is 0 Å². The molecule has 1 N–H and O–H groups in total. The van der Waals surface area contributed by atoms with E-state index < -0.39 is 0 Å². The van der Waals surface area contributed by atoms with E-state index in [1.807, 2.05) is 0 Å². The molecule has 0 aliphatic heterocycles. The van der Waals surface area contributed by atoms with Crippen molar-refractivity contribution in [3.8, 4) is 0 Å². The number of hydrogen-bond acceptors (Lipinski definition) is 1. The van der Waals surface area contributed by atoms with Gasteiger partial charge in [-0.05, 0) is 37.8 Å². The normalized spacial score (nSPS) is 21.2. The van der Waals surface area contributed by atoms with Gasteiger partial charge in [0.05, 0.1) is 6.10 Å². The molecule has 0 aromatic heterocycles. The Bertz CT molecular complexity index is 169. The van der Waals surface area contributed by atoms with Gasteiger partial charge in [-0.1, -0.05) is 19.3 Å². The SMILES string of the molecule is CC(O)C=C=CC1CCCCC1. The molecule has 0 heterocycles. The molecule has 0 radical (unpaired) electrons. The van der Waals surface area contributed by atoms with Crippen LogP contribution in [0.3, 0.4) is 0 Å². The van der Waals surface area contributed by atoms with Crippen LogP contribution in [0, 0.1) is 5.92 Å². The Morgan fingerprint density at radius 3 is 2.58 bits per heavy atom. The molecule has 1 heteroatoms. The van der Waals surface area contributed by atoms with Gasteiger partial charge < -0.3 is 5.11 Å². The summed E-state index contributed by atoms with van der Waals surface area (Å²) in [6.45, 7) is 1.75. The van der Waals surface area contributed by atoms with Crippen LogP contribution in [0.4, 0.5) is 0 Å². The highest BCUT2D eigenvalue weighted by atomic mass is 16.3. The van der Waals surface area contributed by atoms with Crippen molar-refractivity contribution in [3.05, 3.63) is 17.9 Å². The fourth-order valence-corrected chi connectivity index (χ4v) is 1.63. The molecule has 1 nitrogen and oxygen atoms in total. The van der Waals surface area contributed by atoms with Crippen LogP contribution in [-0.4, -0.2) is 11.2 Å².